The van der Waals surface area contributed by atoms with Gasteiger partial charge in [-0.25, -0.2) is 0 Å². The van der Waals surface area contributed by atoms with E-state index in [1.54, 1.807) is 4.90 Å². The van der Waals surface area contributed by atoms with E-state index in [0.717, 1.165) is 43.0 Å². The summed E-state index contributed by atoms with van der Waals surface area (Å²) in [5.74, 6) is -0.700. The van der Waals surface area contributed by atoms with Crippen molar-refractivity contribution >= 4 is 40.7 Å². The van der Waals surface area contributed by atoms with Crippen LogP contribution in [0.1, 0.15) is 17.5 Å². The van der Waals surface area contributed by atoms with Crippen LogP contribution in [0.25, 0.3) is 0 Å². The van der Waals surface area contributed by atoms with E-state index in [-0.39, 0.29) is 30.7 Å². The molecule has 1 atom stereocenters. The third-order valence-corrected chi connectivity index (χ3v) is 6.96. The van der Waals surface area contributed by atoms with Crippen molar-refractivity contribution in [1.29, 1.82) is 0 Å². The zero-order valence-corrected chi connectivity index (χ0v) is 21.0. The van der Waals surface area contributed by atoms with Crippen molar-refractivity contribution in [2.75, 3.05) is 56.0 Å². The number of nitrogens with one attached hydrogen (secondary N) is 2. The van der Waals surface area contributed by atoms with Crippen LogP contribution in [0.5, 0.6) is 0 Å². The Morgan fingerprint density at radius 3 is 2.51 bits per heavy atom. The van der Waals surface area contributed by atoms with Gasteiger partial charge in [0.2, 0.25) is 17.7 Å². The van der Waals surface area contributed by atoms with Crippen LogP contribution in [0.3, 0.4) is 0 Å². The Kier molecular flexibility index (Phi) is 7.93. The Labute approximate surface area is 211 Å². The van der Waals surface area contributed by atoms with Crippen LogP contribution >= 0.6 is 11.6 Å². The second kappa shape index (κ2) is 11.1. The first-order valence-electron chi connectivity index (χ1n) is 12.0. The van der Waals surface area contributed by atoms with Crippen LogP contribution in [-0.4, -0.2) is 79.4 Å². The summed E-state index contributed by atoms with van der Waals surface area (Å²) >= 11 is 6.12. The maximum atomic E-state index is 13.2. The first-order chi connectivity index (χ1) is 16.8. The number of amides is 3. The molecule has 2 aromatic rings. The molecule has 2 aliphatic rings. The Bertz CT molecular complexity index is 1100. The van der Waals surface area contributed by atoms with E-state index in [0.29, 0.717) is 23.8 Å². The number of carbonyl (C=O) groups is 3. The SMILES string of the molecule is Cc1ccc(NC(=O)C[C@@H]2C(=O)NCCN2C(=O)CN2CCN(c3cccc(Cl)c3)CC2)cc1C. The van der Waals surface area contributed by atoms with E-state index in [9.17, 15) is 14.4 Å². The number of anilines is 2. The molecule has 0 saturated carbocycles. The molecule has 2 heterocycles. The molecule has 0 aromatic heterocycles. The van der Waals surface area contributed by atoms with Crippen molar-refractivity contribution in [3.05, 3.63) is 58.6 Å². The Morgan fingerprint density at radius 2 is 1.80 bits per heavy atom. The van der Waals surface area contributed by atoms with E-state index < -0.39 is 6.04 Å². The molecule has 0 bridgehead atoms. The van der Waals surface area contributed by atoms with Gasteiger partial charge in [-0.1, -0.05) is 23.7 Å². The second-order valence-corrected chi connectivity index (χ2v) is 9.62. The van der Waals surface area contributed by atoms with Crippen molar-refractivity contribution < 1.29 is 14.4 Å². The minimum Gasteiger partial charge on any atom is -0.369 e. The highest BCUT2D eigenvalue weighted by Crippen LogP contribution is 2.21. The summed E-state index contributed by atoms with van der Waals surface area (Å²) in [5.41, 5.74) is 3.97. The van der Waals surface area contributed by atoms with E-state index in [1.165, 1.54) is 0 Å². The number of piperazine rings is 2. The zero-order valence-electron chi connectivity index (χ0n) is 20.2. The third-order valence-electron chi connectivity index (χ3n) is 6.73. The molecule has 0 unspecified atom stereocenters. The fourth-order valence-corrected chi connectivity index (χ4v) is 4.73. The number of halogens is 1. The monoisotopic (exact) mass is 497 g/mol. The van der Waals surface area contributed by atoms with E-state index in [2.05, 4.69) is 20.4 Å². The highest BCUT2D eigenvalue weighted by molar-refractivity contribution is 6.30. The minimum atomic E-state index is -0.810. The smallest absolute Gasteiger partial charge is 0.243 e. The van der Waals surface area contributed by atoms with Crippen LogP contribution in [0.4, 0.5) is 11.4 Å². The number of aryl methyl sites for hydroxylation is 2. The van der Waals surface area contributed by atoms with Gasteiger partial charge in [0, 0.05) is 55.7 Å². The lowest BCUT2D eigenvalue weighted by Crippen LogP contribution is -2.60. The lowest BCUT2D eigenvalue weighted by Gasteiger charge is -2.39. The lowest BCUT2D eigenvalue weighted by molar-refractivity contribution is -0.145. The molecule has 2 fully saturated rings. The Morgan fingerprint density at radius 1 is 1.03 bits per heavy atom. The van der Waals surface area contributed by atoms with Gasteiger partial charge in [0.05, 0.1) is 13.0 Å². The minimum absolute atomic E-state index is 0.0763. The average molecular weight is 498 g/mol. The topological polar surface area (TPSA) is 85.0 Å². The molecule has 0 spiro atoms. The molecular weight excluding hydrogens is 466 g/mol. The van der Waals surface area contributed by atoms with Gasteiger partial charge in [-0.3, -0.25) is 19.3 Å². The molecule has 4 rings (SSSR count). The average Bonchev–Trinajstić information content (AvgIpc) is 2.83. The Balaban J connectivity index is 1.33. The van der Waals surface area contributed by atoms with Gasteiger partial charge in [-0.05, 0) is 55.3 Å². The molecule has 2 saturated heterocycles. The van der Waals surface area contributed by atoms with E-state index in [1.807, 2.05) is 56.3 Å². The third kappa shape index (κ3) is 6.32. The highest BCUT2D eigenvalue weighted by atomic mass is 35.5. The highest BCUT2D eigenvalue weighted by Gasteiger charge is 2.35. The standard InChI is InChI=1S/C26H32ClN5O3/c1-18-6-7-21(14-19(18)2)29-24(33)16-23-26(35)28-8-9-32(23)25(34)17-30-10-12-31(13-11-30)22-5-3-4-20(27)15-22/h3-7,14-15,23H,8-13,16-17H2,1-2H3,(H,28,35)(H,29,33)/t23-/m1/s1. The van der Waals surface area contributed by atoms with Crippen LogP contribution in [0.2, 0.25) is 5.02 Å². The van der Waals surface area contributed by atoms with Gasteiger partial charge in [-0.15, -0.1) is 0 Å². The largest absolute Gasteiger partial charge is 0.369 e. The molecule has 9 heteroatoms. The fourth-order valence-electron chi connectivity index (χ4n) is 4.54. The first kappa shape index (κ1) is 25.0. The van der Waals surface area contributed by atoms with Gasteiger partial charge in [-0.2, -0.15) is 0 Å². The maximum absolute atomic E-state index is 13.2. The van der Waals surface area contributed by atoms with Crippen molar-refractivity contribution in [3.8, 4) is 0 Å². The summed E-state index contributed by atoms with van der Waals surface area (Å²) in [4.78, 5) is 44.4. The number of benzene rings is 2. The fraction of sp³-hybridized carbons (Fsp3) is 0.423. The van der Waals surface area contributed by atoms with Crippen molar-refractivity contribution in [3.63, 3.8) is 0 Å². The van der Waals surface area contributed by atoms with Crippen LogP contribution < -0.4 is 15.5 Å². The molecule has 3 amide bonds. The predicted molar refractivity (Wildman–Crippen MR) is 138 cm³/mol. The molecule has 35 heavy (non-hydrogen) atoms. The molecule has 2 N–H and O–H groups in total. The Hall–Kier alpha value is -3.10. The van der Waals surface area contributed by atoms with Gasteiger partial charge in [0.25, 0.3) is 0 Å². The maximum Gasteiger partial charge on any atom is 0.243 e. The van der Waals surface area contributed by atoms with E-state index >= 15 is 0 Å². The summed E-state index contributed by atoms with van der Waals surface area (Å²) < 4.78 is 0. The second-order valence-electron chi connectivity index (χ2n) is 9.19. The molecule has 0 radical (unpaired) electrons. The summed E-state index contributed by atoms with van der Waals surface area (Å²) in [6.07, 6.45) is -0.0763. The molecule has 2 aromatic carbocycles. The van der Waals surface area contributed by atoms with Crippen LogP contribution in [-0.2, 0) is 14.4 Å². The number of hydrogen-bond donors (Lipinski definition) is 2. The predicted octanol–water partition coefficient (Wildman–Crippen LogP) is 2.43. The molecule has 0 aliphatic carbocycles. The normalized spacial score (nSPS) is 18.8. The van der Waals surface area contributed by atoms with Crippen LogP contribution in [0, 0.1) is 13.8 Å². The van der Waals surface area contributed by atoms with E-state index in [4.69, 9.17) is 11.6 Å². The molecular formula is C26H32ClN5O3. The van der Waals surface area contributed by atoms with Gasteiger partial charge < -0.3 is 20.4 Å². The van der Waals surface area contributed by atoms with Crippen LogP contribution in [0.15, 0.2) is 42.5 Å². The molecule has 8 nitrogen and oxygen atoms in total. The number of rotatable bonds is 6. The summed E-state index contributed by atoms with van der Waals surface area (Å²) in [6, 6.07) is 12.6. The first-order valence-corrected chi connectivity index (χ1v) is 12.3. The molecule has 2 aliphatic heterocycles. The van der Waals surface area contributed by atoms with Crippen molar-refractivity contribution in [2.24, 2.45) is 0 Å². The summed E-state index contributed by atoms with van der Waals surface area (Å²) in [5, 5.41) is 6.36. The van der Waals surface area contributed by atoms with Crippen molar-refractivity contribution in [2.45, 2.75) is 26.3 Å². The summed E-state index contributed by atoms with van der Waals surface area (Å²) in [6.45, 7) is 8.05. The quantitative estimate of drug-likeness (QED) is 0.640. The lowest BCUT2D eigenvalue weighted by atomic mass is 10.1. The van der Waals surface area contributed by atoms with Gasteiger partial charge >= 0.3 is 0 Å². The van der Waals surface area contributed by atoms with Crippen molar-refractivity contribution in [1.82, 2.24) is 15.1 Å². The van der Waals surface area contributed by atoms with Gasteiger partial charge in [0.1, 0.15) is 6.04 Å². The molecule has 186 valence electrons. The number of carbonyl (C=O) groups excluding carboxylic acids is 3. The van der Waals surface area contributed by atoms with Gasteiger partial charge in [0.15, 0.2) is 0 Å². The summed E-state index contributed by atoms with van der Waals surface area (Å²) in [7, 11) is 0. The zero-order chi connectivity index (χ0) is 24.9. The number of hydrogen-bond acceptors (Lipinski definition) is 5. The number of nitrogens with zero attached hydrogens (tertiary/aromatic N) is 3.